The largest absolute Gasteiger partial charge is 0.391 e. The van der Waals surface area contributed by atoms with E-state index in [2.05, 4.69) is 4.90 Å². The number of rotatable bonds is 6. The number of hydrogen-bond donors (Lipinski definition) is 1. The molecule has 3 aliphatic rings. The fourth-order valence-electron chi connectivity index (χ4n) is 4.72. The number of aliphatic hydroxyl groups is 1. The Balaban J connectivity index is 1.22. The van der Waals surface area contributed by atoms with Gasteiger partial charge in [-0.2, -0.15) is 0 Å². The molecule has 1 N–H and O–H groups in total. The van der Waals surface area contributed by atoms with Gasteiger partial charge in [-0.1, -0.05) is 17.7 Å². The molecule has 1 aromatic carbocycles. The Morgan fingerprint density at radius 1 is 1.19 bits per heavy atom. The summed E-state index contributed by atoms with van der Waals surface area (Å²) in [6.07, 6.45) is 7.41. The molecule has 2 heterocycles. The van der Waals surface area contributed by atoms with Crippen molar-refractivity contribution in [2.45, 2.75) is 38.2 Å². The van der Waals surface area contributed by atoms with E-state index >= 15 is 0 Å². The van der Waals surface area contributed by atoms with Gasteiger partial charge in [0.15, 0.2) is 0 Å². The molecule has 2 saturated heterocycles. The second-order valence-electron chi connectivity index (χ2n) is 9.25. The van der Waals surface area contributed by atoms with Crippen LogP contribution in [0.5, 0.6) is 0 Å². The fraction of sp³-hybridized carbons (Fsp3) is 0.583. The SMILES string of the molecule is O=C(C=Cc1ccc(F)c(Cl)c1)N1CCC(=O)N(CCCN2CCC3(CC3)C(O)C2)CC1. The van der Waals surface area contributed by atoms with E-state index < -0.39 is 5.82 Å². The van der Waals surface area contributed by atoms with Crippen molar-refractivity contribution in [1.82, 2.24) is 14.7 Å². The number of hydrogen-bond acceptors (Lipinski definition) is 4. The van der Waals surface area contributed by atoms with Gasteiger partial charge in [-0.3, -0.25) is 9.59 Å². The molecule has 0 radical (unpaired) electrons. The molecule has 8 heteroatoms. The van der Waals surface area contributed by atoms with Crippen LogP contribution in [0.15, 0.2) is 24.3 Å². The van der Waals surface area contributed by atoms with E-state index in [1.807, 2.05) is 4.90 Å². The van der Waals surface area contributed by atoms with E-state index in [9.17, 15) is 19.1 Å². The van der Waals surface area contributed by atoms with Crippen LogP contribution >= 0.6 is 11.6 Å². The molecule has 3 fully saturated rings. The Morgan fingerprint density at radius 3 is 2.72 bits per heavy atom. The molecule has 1 saturated carbocycles. The zero-order valence-corrected chi connectivity index (χ0v) is 19.1. The number of β-amino-alcohol motifs (C(OH)–C–C–N with tert-alkyl or cyclic N) is 1. The summed E-state index contributed by atoms with van der Waals surface area (Å²) >= 11 is 5.78. The van der Waals surface area contributed by atoms with Gasteiger partial charge >= 0.3 is 0 Å². The Labute approximate surface area is 193 Å². The van der Waals surface area contributed by atoms with Gasteiger partial charge in [-0.05, 0) is 68.0 Å². The standard InChI is InChI=1S/C24H31ClFN3O3/c25-19-16-18(2-4-20(19)26)3-5-22(31)29-12-6-23(32)28(14-15-29)11-1-10-27-13-9-24(7-8-24)21(30)17-27/h2-5,16,21,30H,1,6-15,17H2. The van der Waals surface area contributed by atoms with E-state index in [1.165, 1.54) is 18.2 Å². The van der Waals surface area contributed by atoms with E-state index in [1.54, 1.807) is 17.0 Å². The number of nitrogens with zero attached hydrogens (tertiary/aromatic N) is 3. The lowest BCUT2D eigenvalue weighted by Crippen LogP contribution is -2.46. The van der Waals surface area contributed by atoms with E-state index in [0.29, 0.717) is 38.2 Å². The van der Waals surface area contributed by atoms with Crippen LogP contribution in [-0.2, 0) is 9.59 Å². The van der Waals surface area contributed by atoms with Gasteiger partial charge in [-0.25, -0.2) is 4.39 Å². The highest BCUT2D eigenvalue weighted by Gasteiger charge is 2.51. The van der Waals surface area contributed by atoms with Gasteiger partial charge in [0.05, 0.1) is 11.1 Å². The number of aliphatic hydroxyl groups excluding tert-OH is 1. The van der Waals surface area contributed by atoms with Crippen molar-refractivity contribution in [2.24, 2.45) is 5.41 Å². The topological polar surface area (TPSA) is 64.1 Å². The van der Waals surface area contributed by atoms with Crippen molar-refractivity contribution < 1.29 is 19.1 Å². The zero-order valence-electron chi connectivity index (χ0n) is 18.3. The highest BCUT2D eigenvalue weighted by atomic mass is 35.5. The van der Waals surface area contributed by atoms with Crippen LogP contribution in [0.2, 0.25) is 5.02 Å². The minimum atomic E-state index is -0.496. The number of halogens is 2. The van der Waals surface area contributed by atoms with Gasteiger partial charge in [0, 0.05) is 45.2 Å². The number of amides is 2. The molecule has 2 amide bonds. The first kappa shape index (κ1) is 23.2. The van der Waals surface area contributed by atoms with Crippen LogP contribution in [0.25, 0.3) is 6.08 Å². The third kappa shape index (κ3) is 5.50. The number of piperidine rings is 1. The minimum absolute atomic E-state index is 0.0155. The molecule has 6 nitrogen and oxygen atoms in total. The summed E-state index contributed by atoms with van der Waals surface area (Å²) in [5, 5.41) is 10.4. The molecule has 0 aromatic heterocycles. The molecule has 1 aromatic rings. The van der Waals surface area contributed by atoms with Crippen molar-refractivity contribution in [3.63, 3.8) is 0 Å². The molecule has 174 valence electrons. The monoisotopic (exact) mass is 463 g/mol. The molecule has 32 heavy (non-hydrogen) atoms. The summed E-state index contributed by atoms with van der Waals surface area (Å²) in [5.74, 6) is -0.592. The van der Waals surface area contributed by atoms with E-state index in [4.69, 9.17) is 11.6 Å². The predicted molar refractivity (Wildman–Crippen MR) is 122 cm³/mol. The maximum Gasteiger partial charge on any atom is 0.246 e. The van der Waals surface area contributed by atoms with Crippen LogP contribution in [0.4, 0.5) is 4.39 Å². The second kappa shape index (κ2) is 9.89. The first-order valence-electron chi connectivity index (χ1n) is 11.5. The van der Waals surface area contributed by atoms with Crippen molar-refractivity contribution >= 4 is 29.5 Å². The van der Waals surface area contributed by atoms with E-state index in [0.717, 1.165) is 45.3 Å². The molecule has 4 rings (SSSR count). The van der Waals surface area contributed by atoms with Gasteiger partial charge in [-0.15, -0.1) is 0 Å². The summed E-state index contributed by atoms with van der Waals surface area (Å²) in [5.41, 5.74) is 0.859. The molecular weight excluding hydrogens is 433 g/mol. The van der Waals surface area contributed by atoms with Gasteiger partial charge in [0.25, 0.3) is 0 Å². The Hall–Kier alpha value is -1.96. The highest BCUT2D eigenvalue weighted by Crippen LogP contribution is 2.53. The summed E-state index contributed by atoms with van der Waals surface area (Å²) in [6, 6.07) is 4.30. The second-order valence-corrected chi connectivity index (χ2v) is 9.65. The highest BCUT2D eigenvalue weighted by molar-refractivity contribution is 6.30. The summed E-state index contributed by atoms with van der Waals surface area (Å²) in [7, 11) is 0. The minimum Gasteiger partial charge on any atom is -0.391 e. The van der Waals surface area contributed by atoms with Crippen LogP contribution in [0.3, 0.4) is 0 Å². The average Bonchev–Trinajstić information content (AvgIpc) is 3.58. The van der Waals surface area contributed by atoms with Crippen molar-refractivity contribution in [3.05, 3.63) is 40.7 Å². The van der Waals surface area contributed by atoms with Crippen LogP contribution in [-0.4, -0.2) is 83.5 Å². The lowest BCUT2D eigenvalue weighted by Gasteiger charge is -2.36. The molecule has 1 aliphatic carbocycles. The van der Waals surface area contributed by atoms with Crippen LogP contribution in [0.1, 0.15) is 37.7 Å². The molecular formula is C24H31ClFN3O3. The number of carbonyl (C=O) groups excluding carboxylic acids is 2. The van der Waals surface area contributed by atoms with Crippen molar-refractivity contribution in [1.29, 1.82) is 0 Å². The zero-order chi connectivity index (χ0) is 22.7. The molecule has 1 unspecified atom stereocenters. The first-order valence-corrected chi connectivity index (χ1v) is 11.8. The third-order valence-electron chi connectivity index (χ3n) is 7.12. The van der Waals surface area contributed by atoms with Gasteiger partial charge in [0.1, 0.15) is 5.82 Å². The number of likely N-dealkylation sites (tertiary alicyclic amines) is 1. The quantitative estimate of drug-likeness (QED) is 0.659. The summed E-state index contributed by atoms with van der Waals surface area (Å²) in [6.45, 7) is 4.71. The van der Waals surface area contributed by atoms with Gasteiger partial charge < -0.3 is 19.8 Å². The Kier molecular flexibility index (Phi) is 7.17. The predicted octanol–water partition coefficient (Wildman–Crippen LogP) is 2.79. The van der Waals surface area contributed by atoms with Crippen LogP contribution < -0.4 is 0 Å². The maximum absolute atomic E-state index is 13.3. The lowest BCUT2D eigenvalue weighted by molar-refractivity contribution is -0.130. The maximum atomic E-state index is 13.3. The van der Waals surface area contributed by atoms with Crippen LogP contribution in [0, 0.1) is 11.2 Å². The van der Waals surface area contributed by atoms with E-state index in [-0.39, 0.29) is 28.4 Å². The number of benzene rings is 1. The Bertz CT molecular complexity index is 889. The summed E-state index contributed by atoms with van der Waals surface area (Å²) in [4.78, 5) is 30.9. The first-order chi connectivity index (χ1) is 15.4. The van der Waals surface area contributed by atoms with Crippen molar-refractivity contribution in [2.75, 3.05) is 45.8 Å². The summed E-state index contributed by atoms with van der Waals surface area (Å²) < 4.78 is 13.3. The normalized spacial score (nSPS) is 23.7. The third-order valence-corrected chi connectivity index (χ3v) is 7.41. The van der Waals surface area contributed by atoms with Gasteiger partial charge in [0.2, 0.25) is 11.8 Å². The number of carbonyl (C=O) groups is 2. The lowest BCUT2D eigenvalue weighted by atomic mass is 9.90. The molecule has 2 aliphatic heterocycles. The Morgan fingerprint density at radius 2 is 2.00 bits per heavy atom. The average molecular weight is 464 g/mol. The molecule has 0 bridgehead atoms. The smallest absolute Gasteiger partial charge is 0.246 e. The molecule has 1 atom stereocenters. The fourth-order valence-corrected chi connectivity index (χ4v) is 4.91. The molecule has 1 spiro atoms. The van der Waals surface area contributed by atoms with Crippen molar-refractivity contribution in [3.8, 4) is 0 Å².